The zero-order valence-electron chi connectivity index (χ0n) is 11.8. The average Bonchev–Trinajstić information content (AvgIpc) is 2.31. The van der Waals surface area contributed by atoms with Gasteiger partial charge in [-0.15, -0.1) is 6.58 Å². The number of ether oxygens (including phenoxy) is 1. The van der Waals surface area contributed by atoms with Crippen LogP contribution in [-0.2, 0) is 6.42 Å². The van der Waals surface area contributed by atoms with Gasteiger partial charge in [-0.2, -0.15) is 0 Å². The van der Waals surface area contributed by atoms with Crippen molar-refractivity contribution in [2.24, 2.45) is 5.92 Å². The van der Waals surface area contributed by atoms with Crippen LogP contribution in [0.4, 0.5) is 0 Å². The number of benzene rings is 1. The SMILES string of the molecule is C=CC(C)Cc1c(C)cc(OCC)c(C)c1C. The third kappa shape index (κ3) is 3.12. The summed E-state index contributed by atoms with van der Waals surface area (Å²) in [6.07, 6.45) is 3.08. The van der Waals surface area contributed by atoms with Crippen molar-refractivity contribution in [3.63, 3.8) is 0 Å². The first-order valence-corrected chi connectivity index (χ1v) is 6.36. The third-order valence-corrected chi connectivity index (χ3v) is 3.44. The van der Waals surface area contributed by atoms with Crippen LogP contribution in [0.25, 0.3) is 0 Å². The molecule has 0 heterocycles. The Morgan fingerprint density at radius 3 is 2.47 bits per heavy atom. The van der Waals surface area contributed by atoms with Crippen molar-refractivity contribution >= 4 is 0 Å². The number of rotatable bonds is 5. The van der Waals surface area contributed by atoms with Crippen molar-refractivity contribution < 1.29 is 4.74 Å². The van der Waals surface area contributed by atoms with Crippen LogP contribution in [0.3, 0.4) is 0 Å². The summed E-state index contributed by atoms with van der Waals surface area (Å²) in [5.41, 5.74) is 5.40. The molecule has 0 amide bonds. The summed E-state index contributed by atoms with van der Waals surface area (Å²) < 4.78 is 5.66. The molecule has 0 bridgehead atoms. The van der Waals surface area contributed by atoms with E-state index in [0.29, 0.717) is 5.92 Å². The summed E-state index contributed by atoms with van der Waals surface area (Å²) in [5, 5.41) is 0. The molecule has 0 saturated heterocycles. The molecule has 0 spiro atoms. The number of allylic oxidation sites excluding steroid dienone is 1. The van der Waals surface area contributed by atoms with Gasteiger partial charge in [0.25, 0.3) is 0 Å². The monoisotopic (exact) mass is 232 g/mol. The molecule has 1 rings (SSSR count). The fourth-order valence-corrected chi connectivity index (χ4v) is 2.12. The Hall–Kier alpha value is -1.24. The van der Waals surface area contributed by atoms with Crippen LogP contribution in [0.15, 0.2) is 18.7 Å². The zero-order chi connectivity index (χ0) is 13.0. The smallest absolute Gasteiger partial charge is 0.122 e. The van der Waals surface area contributed by atoms with Gasteiger partial charge in [0.05, 0.1) is 6.61 Å². The van der Waals surface area contributed by atoms with E-state index < -0.39 is 0 Å². The first-order chi connectivity index (χ1) is 8.01. The number of hydrogen-bond acceptors (Lipinski definition) is 1. The van der Waals surface area contributed by atoms with Gasteiger partial charge in [-0.3, -0.25) is 0 Å². The third-order valence-electron chi connectivity index (χ3n) is 3.44. The molecule has 1 aromatic rings. The lowest BCUT2D eigenvalue weighted by molar-refractivity contribution is 0.337. The number of hydrogen-bond donors (Lipinski definition) is 0. The molecular formula is C16H24O. The van der Waals surface area contributed by atoms with Gasteiger partial charge < -0.3 is 4.74 Å². The average molecular weight is 232 g/mol. The Balaban J connectivity index is 3.15. The van der Waals surface area contributed by atoms with Crippen LogP contribution in [0.2, 0.25) is 0 Å². The van der Waals surface area contributed by atoms with Gasteiger partial charge >= 0.3 is 0 Å². The van der Waals surface area contributed by atoms with Crippen LogP contribution in [0.5, 0.6) is 5.75 Å². The lowest BCUT2D eigenvalue weighted by atomic mass is 9.90. The molecule has 94 valence electrons. The van der Waals surface area contributed by atoms with Gasteiger partial charge in [-0.05, 0) is 68.4 Å². The minimum absolute atomic E-state index is 0.518. The Morgan fingerprint density at radius 1 is 1.29 bits per heavy atom. The summed E-state index contributed by atoms with van der Waals surface area (Å²) in [5.74, 6) is 1.54. The van der Waals surface area contributed by atoms with Gasteiger partial charge in [0, 0.05) is 0 Å². The first-order valence-electron chi connectivity index (χ1n) is 6.36. The summed E-state index contributed by atoms with van der Waals surface area (Å²) in [7, 11) is 0. The summed E-state index contributed by atoms with van der Waals surface area (Å²) in [6, 6.07) is 2.16. The van der Waals surface area contributed by atoms with Crippen LogP contribution in [-0.4, -0.2) is 6.61 Å². The van der Waals surface area contributed by atoms with E-state index in [1.807, 2.05) is 13.0 Å². The minimum Gasteiger partial charge on any atom is -0.494 e. The Labute approximate surface area is 106 Å². The van der Waals surface area contributed by atoms with Gasteiger partial charge in [-0.1, -0.05) is 13.0 Å². The van der Waals surface area contributed by atoms with Crippen LogP contribution >= 0.6 is 0 Å². The van der Waals surface area contributed by atoms with Crippen LogP contribution < -0.4 is 4.74 Å². The van der Waals surface area contributed by atoms with E-state index in [1.165, 1.54) is 22.3 Å². The second-order valence-electron chi connectivity index (χ2n) is 4.77. The van der Waals surface area contributed by atoms with Gasteiger partial charge in [-0.25, -0.2) is 0 Å². The molecule has 17 heavy (non-hydrogen) atoms. The number of aryl methyl sites for hydroxylation is 1. The molecule has 1 nitrogen and oxygen atoms in total. The summed E-state index contributed by atoms with van der Waals surface area (Å²) in [6.45, 7) is 15.3. The van der Waals surface area contributed by atoms with E-state index in [2.05, 4.69) is 40.3 Å². The standard InChI is InChI=1S/C16H24O/c1-7-11(3)9-15-12(4)10-16(17-8-2)14(6)13(15)5/h7,10-11H,1,8-9H2,2-6H3. The second-order valence-corrected chi connectivity index (χ2v) is 4.77. The highest BCUT2D eigenvalue weighted by Gasteiger charge is 2.12. The Kier molecular flexibility index (Phi) is 4.80. The van der Waals surface area contributed by atoms with Crippen molar-refractivity contribution in [3.8, 4) is 5.75 Å². The van der Waals surface area contributed by atoms with E-state index >= 15 is 0 Å². The fraction of sp³-hybridized carbons (Fsp3) is 0.500. The largest absolute Gasteiger partial charge is 0.494 e. The normalized spacial score (nSPS) is 12.3. The van der Waals surface area contributed by atoms with Crippen molar-refractivity contribution in [2.45, 2.75) is 41.0 Å². The molecule has 0 N–H and O–H groups in total. The zero-order valence-corrected chi connectivity index (χ0v) is 11.8. The second kappa shape index (κ2) is 5.90. The van der Waals surface area contributed by atoms with E-state index in [1.54, 1.807) is 0 Å². The van der Waals surface area contributed by atoms with Crippen molar-refractivity contribution in [3.05, 3.63) is 41.0 Å². The Bertz CT molecular complexity index is 404. The van der Waals surface area contributed by atoms with E-state index in [4.69, 9.17) is 4.74 Å². The Morgan fingerprint density at radius 2 is 1.94 bits per heavy atom. The molecule has 1 heteroatoms. The highest BCUT2D eigenvalue weighted by atomic mass is 16.5. The van der Waals surface area contributed by atoms with Crippen molar-refractivity contribution in [2.75, 3.05) is 6.61 Å². The molecule has 0 aliphatic heterocycles. The van der Waals surface area contributed by atoms with Gasteiger partial charge in [0.1, 0.15) is 5.75 Å². The maximum atomic E-state index is 5.66. The molecule has 1 aromatic carbocycles. The molecule has 0 aromatic heterocycles. The lowest BCUT2D eigenvalue weighted by Crippen LogP contribution is -2.05. The van der Waals surface area contributed by atoms with Gasteiger partial charge in [0.15, 0.2) is 0 Å². The predicted octanol–water partition coefficient (Wildman–Crippen LogP) is 4.38. The molecule has 0 aliphatic rings. The van der Waals surface area contributed by atoms with Crippen LogP contribution in [0, 0.1) is 26.7 Å². The molecule has 0 saturated carbocycles. The van der Waals surface area contributed by atoms with E-state index in [-0.39, 0.29) is 0 Å². The van der Waals surface area contributed by atoms with Crippen LogP contribution in [0.1, 0.15) is 36.1 Å². The lowest BCUT2D eigenvalue weighted by Gasteiger charge is -2.18. The maximum Gasteiger partial charge on any atom is 0.122 e. The molecule has 1 atom stereocenters. The molecule has 0 aliphatic carbocycles. The van der Waals surface area contributed by atoms with Gasteiger partial charge in [0.2, 0.25) is 0 Å². The topological polar surface area (TPSA) is 9.23 Å². The highest BCUT2D eigenvalue weighted by Crippen LogP contribution is 2.29. The maximum absolute atomic E-state index is 5.66. The van der Waals surface area contributed by atoms with Crippen molar-refractivity contribution in [1.82, 2.24) is 0 Å². The quantitative estimate of drug-likeness (QED) is 0.685. The summed E-state index contributed by atoms with van der Waals surface area (Å²) in [4.78, 5) is 0. The molecule has 0 fully saturated rings. The first kappa shape index (κ1) is 13.8. The predicted molar refractivity (Wildman–Crippen MR) is 74.9 cm³/mol. The molecular weight excluding hydrogens is 208 g/mol. The minimum atomic E-state index is 0.518. The highest BCUT2D eigenvalue weighted by molar-refractivity contribution is 5.48. The molecule has 1 unspecified atom stereocenters. The molecule has 0 radical (unpaired) electrons. The van der Waals surface area contributed by atoms with E-state index in [0.717, 1.165) is 18.8 Å². The summed E-state index contributed by atoms with van der Waals surface area (Å²) >= 11 is 0. The van der Waals surface area contributed by atoms with Crippen molar-refractivity contribution in [1.29, 1.82) is 0 Å². The fourth-order valence-electron chi connectivity index (χ4n) is 2.12. The van der Waals surface area contributed by atoms with E-state index in [9.17, 15) is 0 Å².